The first kappa shape index (κ1) is 12.5. The Morgan fingerprint density at radius 1 is 1.35 bits per heavy atom. The first-order valence-corrected chi connectivity index (χ1v) is 6.28. The van der Waals surface area contributed by atoms with Crippen molar-refractivity contribution in [2.24, 2.45) is 0 Å². The van der Waals surface area contributed by atoms with Crippen LogP contribution in [0, 0.1) is 0 Å². The van der Waals surface area contributed by atoms with Crippen molar-refractivity contribution in [3.05, 3.63) is 30.4 Å². The molecule has 0 bridgehead atoms. The number of carbonyl (C=O) groups is 1. The highest BCUT2D eigenvalue weighted by Crippen LogP contribution is 2.13. The second-order valence-electron chi connectivity index (χ2n) is 4.29. The predicted molar refractivity (Wildman–Crippen MR) is 71.6 cm³/mol. The average Bonchev–Trinajstić information content (AvgIpc) is 3.01. The first-order valence-electron chi connectivity index (χ1n) is 6.28. The largest absolute Gasteiger partial charge is 0.378 e. The fraction of sp³-hybridized carbons (Fsp3) is 0.333. The average molecular weight is 274 g/mol. The summed E-state index contributed by atoms with van der Waals surface area (Å²) in [6.45, 7) is 2.86. The van der Waals surface area contributed by atoms with Crippen molar-refractivity contribution in [1.82, 2.24) is 20.2 Å². The zero-order valence-electron chi connectivity index (χ0n) is 10.7. The van der Waals surface area contributed by atoms with E-state index < -0.39 is 0 Å². The number of carbonyl (C=O) groups excluding carboxylic acids is 1. The molecule has 0 unspecified atom stereocenters. The van der Waals surface area contributed by atoms with E-state index in [4.69, 9.17) is 4.74 Å². The van der Waals surface area contributed by atoms with Crippen LogP contribution in [-0.2, 0) is 4.74 Å². The fourth-order valence-electron chi connectivity index (χ4n) is 1.95. The molecule has 3 heterocycles. The monoisotopic (exact) mass is 274 g/mol. The predicted octanol–water partition coefficient (Wildman–Crippen LogP) is 0.289. The van der Waals surface area contributed by atoms with Crippen molar-refractivity contribution in [2.75, 3.05) is 36.5 Å². The molecule has 0 saturated carbocycles. The molecule has 0 atom stereocenters. The van der Waals surface area contributed by atoms with Gasteiger partial charge in [0.05, 0.1) is 19.4 Å². The number of nitrogens with one attached hydrogen (secondary N) is 2. The van der Waals surface area contributed by atoms with Crippen molar-refractivity contribution >= 4 is 17.5 Å². The normalized spacial score (nSPS) is 15.1. The summed E-state index contributed by atoms with van der Waals surface area (Å²) < 4.78 is 5.29. The Hall–Kier alpha value is -2.48. The van der Waals surface area contributed by atoms with Gasteiger partial charge in [-0.1, -0.05) is 0 Å². The summed E-state index contributed by atoms with van der Waals surface area (Å²) in [6, 6.07) is 3.35. The van der Waals surface area contributed by atoms with Gasteiger partial charge in [-0.2, -0.15) is 5.10 Å². The summed E-state index contributed by atoms with van der Waals surface area (Å²) in [6.07, 6.45) is 2.96. The lowest BCUT2D eigenvalue weighted by atomic mass is 10.3. The Labute approximate surface area is 115 Å². The second kappa shape index (κ2) is 5.66. The van der Waals surface area contributed by atoms with Crippen molar-refractivity contribution in [3.63, 3.8) is 0 Å². The van der Waals surface area contributed by atoms with Crippen LogP contribution in [0.2, 0.25) is 0 Å². The molecular formula is C12H14N6O2. The zero-order chi connectivity index (χ0) is 13.8. The number of amides is 1. The number of morpholine rings is 1. The molecule has 8 heteroatoms. The molecule has 104 valence electrons. The summed E-state index contributed by atoms with van der Waals surface area (Å²) in [5, 5.41) is 9.11. The van der Waals surface area contributed by atoms with Gasteiger partial charge >= 0.3 is 0 Å². The lowest BCUT2D eigenvalue weighted by molar-refractivity contribution is 0.102. The van der Waals surface area contributed by atoms with Gasteiger partial charge in [0.2, 0.25) is 0 Å². The molecule has 1 aliphatic heterocycles. The number of aromatic amines is 1. The lowest BCUT2D eigenvalue weighted by Gasteiger charge is -2.27. The number of hydrogen-bond donors (Lipinski definition) is 2. The molecule has 1 amide bonds. The summed E-state index contributed by atoms with van der Waals surface area (Å²) >= 11 is 0. The Balaban J connectivity index is 1.74. The van der Waals surface area contributed by atoms with E-state index in [2.05, 4.69) is 30.4 Å². The number of rotatable bonds is 3. The maximum Gasteiger partial charge on any atom is 0.275 e. The Kier molecular flexibility index (Phi) is 3.55. The number of nitrogens with zero attached hydrogens (tertiary/aromatic N) is 4. The van der Waals surface area contributed by atoms with E-state index in [9.17, 15) is 4.79 Å². The van der Waals surface area contributed by atoms with Crippen LogP contribution in [0.5, 0.6) is 0 Å². The van der Waals surface area contributed by atoms with E-state index in [1.807, 2.05) is 0 Å². The van der Waals surface area contributed by atoms with Gasteiger partial charge in [-0.25, -0.2) is 9.97 Å². The van der Waals surface area contributed by atoms with Crippen LogP contribution in [0.4, 0.5) is 11.6 Å². The number of H-pyrrole nitrogens is 1. The summed E-state index contributed by atoms with van der Waals surface area (Å²) in [5.74, 6) is 0.964. The third-order valence-electron chi connectivity index (χ3n) is 2.97. The highest BCUT2D eigenvalue weighted by Gasteiger charge is 2.15. The Morgan fingerprint density at radius 2 is 2.20 bits per heavy atom. The van der Waals surface area contributed by atoms with Gasteiger partial charge in [0.25, 0.3) is 5.91 Å². The van der Waals surface area contributed by atoms with Crippen LogP contribution in [0.25, 0.3) is 0 Å². The van der Waals surface area contributed by atoms with Crippen LogP contribution >= 0.6 is 0 Å². The van der Waals surface area contributed by atoms with E-state index in [1.54, 1.807) is 18.3 Å². The molecule has 0 aromatic carbocycles. The van der Waals surface area contributed by atoms with Crippen LogP contribution < -0.4 is 10.2 Å². The molecule has 1 fully saturated rings. The van der Waals surface area contributed by atoms with Gasteiger partial charge in [0.1, 0.15) is 23.7 Å². The number of aromatic nitrogens is 4. The SMILES string of the molecule is O=C(Nc1ccn[nH]1)c1cc(N2CCOCC2)ncn1. The molecule has 0 aliphatic carbocycles. The highest BCUT2D eigenvalue weighted by atomic mass is 16.5. The maximum absolute atomic E-state index is 12.1. The molecule has 0 spiro atoms. The van der Waals surface area contributed by atoms with Gasteiger partial charge in [-0.15, -0.1) is 0 Å². The van der Waals surface area contributed by atoms with Crippen molar-refractivity contribution < 1.29 is 9.53 Å². The van der Waals surface area contributed by atoms with Crippen molar-refractivity contribution in [3.8, 4) is 0 Å². The minimum atomic E-state index is -0.300. The molecule has 2 N–H and O–H groups in total. The zero-order valence-corrected chi connectivity index (χ0v) is 10.7. The van der Waals surface area contributed by atoms with Crippen LogP contribution in [-0.4, -0.2) is 52.4 Å². The summed E-state index contributed by atoms with van der Waals surface area (Å²) in [5.41, 5.74) is 0.316. The van der Waals surface area contributed by atoms with Gasteiger partial charge in [-0.3, -0.25) is 9.89 Å². The molecule has 1 saturated heterocycles. The van der Waals surface area contributed by atoms with Gasteiger partial charge in [0.15, 0.2) is 0 Å². The smallest absolute Gasteiger partial charge is 0.275 e. The van der Waals surface area contributed by atoms with Crippen LogP contribution in [0.3, 0.4) is 0 Å². The van der Waals surface area contributed by atoms with Gasteiger partial charge < -0.3 is 15.0 Å². The van der Waals surface area contributed by atoms with Gasteiger partial charge in [-0.05, 0) is 0 Å². The van der Waals surface area contributed by atoms with Crippen LogP contribution in [0.15, 0.2) is 24.7 Å². The quantitative estimate of drug-likeness (QED) is 0.835. The Morgan fingerprint density at radius 3 is 2.95 bits per heavy atom. The third-order valence-corrected chi connectivity index (χ3v) is 2.97. The second-order valence-corrected chi connectivity index (χ2v) is 4.29. The third kappa shape index (κ3) is 2.75. The number of anilines is 2. The van der Waals surface area contributed by atoms with Crippen molar-refractivity contribution in [1.29, 1.82) is 0 Å². The number of ether oxygens (including phenoxy) is 1. The highest BCUT2D eigenvalue weighted by molar-refractivity contribution is 6.02. The minimum absolute atomic E-state index is 0.300. The molecular weight excluding hydrogens is 260 g/mol. The maximum atomic E-state index is 12.1. The molecule has 3 rings (SSSR count). The van der Waals surface area contributed by atoms with Crippen LogP contribution in [0.1, 0.15) is 10.5 Å². The van der Waals surface area contributed by atoms with E-state index >= 15 is 0 Å². The summed E-state index contributed by atoms with van der Waals surface area (Å²) in [4.78, 5) is 22.3. The molecule has 1 aliphatic rings. The molecule has 0 radical (unpaired) electrons. The van der Waals surface area contributed by atoms with E-state index in [0.717, 1.165) is 18.9 Å². The standard InChI is InChI=1S/C12H14N6O2/c19-12(16-10-1-2-15-17-10)9-7-11(14-8-13-9)18-3-5-20-6-4-18/h1-2,7-8H,3-6H2,(H2,15,16,17,19). The summed E-state index contributed by atoms with van der Waals surface area (Å²) in [7, 11) is 0. The van der Waals surface area contributed by atoms with E-state index in [0.29, 0.717) is 24.7 Å². The first-order chi connectivity index (χ1) is 9.83. The van der Waals surface area contributed by atoms with E-state index in [-0.39, 0.29) is 5.91 Å². The molecule has 8 nitrogen and oxygen atoms in total. The topological polar surface area (TPSA) is 96.0 Å². The molecule has 20 heavy (non-hydrogen) atoms. The molecule has 2 aromatic heterocycles. The van der Waals surface area contributed by atoms with Gasteiger partial charge in [0, 0.05) is 25.2 Å². The van der Waals surface area contributed by atoms with E-state index in [1.165, 1.54) is 6.33 Å². The minimum Gasteiger partial charge on any atom is -0.378 e. The number of hydrogen-bond acceptors (Lipinski definition) is 6. The fourth-order valence-corrected chi connectivity index (χ4v) is 1.95. The molecule has 2 aromatic rings. The van der Waals surface area contributed by atoms with Crippen molar-refractivity contribution in [2.45, 2.75) is 0 Å². The lowest BCUT2D eigenvalue weighted by Crippen LogP contribution is -2.37. The Bertz CT molecular complexity index is 579.